The molecule has 3 aromatic carbocycles. The van der Waals surface area contributed by atoms with Gasteiger partial charge in [-0.15, -0.1) is 0 Å². The highest BCUT2D eigenvalue weighted by Crippen LogP contribution is 2.41. The third-order valence-corrected chi connectivity index (χ3v) is 6.52. The Morgan fingerprint density at radius 1 is 1.08 bits per heavy atom. The van der Waals surface area contributed by atoms with E-state index in [0.29, 0.717) is 27.3 Å². The molecular formula is C28H19ClF3NO5. The molecule has 0 saturated heterocycles. The van der Waals surface area contributed by atoms with Crippen LogP contribution in [0.25, 0.3) is 11.0 Å². The van der Waals surface area contributed by atoms with E-state index in [4.69, 9.17) is 20.8 Å². The van der Waals surface area contributed by atoms with Gasteiger partial charge in [-0.05, 0) is 59.7 Å². The van der Waals surface area contributed by atoms with Gasteiger partial charge in [0.1, 0.15) is 11.3 Å². The predicted octanol–water partition coefficient (Wildman–Crippen LogP) is 6.89. The highest BCUT2D eigenvalue weighted by molar-refractivity contribution is 6.31. The Hall–Kier alpha value is -4.24. The van der Waals surface area contributed by atoms with Crippen LogP contribution >= 0.6 is 11.6 Å². The monoisotopic (exact) mass is 541 g/mol. The summed E-state index contributed by atoms with van der Waals surface area (Å²) in [5.74, 6) is -2.06. The molecule has 1 N–H and O–H groups in total. The van der Waals surface area contributed by atoms with Crippen LogP contribution in [0.4, 0.5) is 13.2 Å². The highest BCUT2D eigenvalue weighted by atomic mass is 35.5. The molecule has 0 aliphatic carbocycles. The second-order valence-corrected chi connectivity index (χ2v) is 9.13. The number of aliphatic hydroxyl groups excluding tert-OH is 1. The summed E-state index contributed by atoms with van der Waals surface area (Å²) >= 11 is 6.03. The lowest BCUT2D eigenvalue weighted by Gasteiger charge is -2.27. The van der Waals surface area contributed by atoms with Crippen molar-refractivity contribution in [2.75, 3.05) is 7.11 Å². The predicted molar refractivity (Wildman–Crippen MR) is 133 cm³/mol. The molecule has 1 unspecified atom stereocenters. The van der Waals surface area contributed by atoms with E-state index in [1.54, 1.807) is 42.5 Å². The first kappa shape index (κ1) is 25.4. The van der Waals surface area contributed by atoms with Gasteiger partial charge in [-0.2, -0.15) is 13.2 Å². The number of hydrogen-bond donors (Lipinski definition) is 1. The van der Waals surface area contributed by atoms with Crippen molar-refractivity contribution in [3.63, 3.8) is 0 Å². The van der Waals surface area contributed by atoms with E-state index >= 15 is 0 Å². The number of halogens is 4. The number of carbonyl (C=O) groups excluding carboxylic acids is 2. The van der Waals surface area contributed by atoms with Gasteiger partial charge in [0, 0.05) is 17.0 Å². The van der Waals surface area contributed by atoms with Crippen molar-refractivity contribution in [2.45, 2.75) is 18.8 Å². The smallest absolute Gasteiger partial charge is 0.416 e. The van der Waals surface area contributed by atoms with Crippen molar-refractivity contribution in [1.29, 1.82) is 0 Å². The lowest BCUT2D eigenvalue weighted by Crippen LogP contribution is -2.30. The second kappa shape index (κ2) is 9.57. The summed E-state index contributed by atoms with van der Waals surface area (Å²) in [6.07, 6.45) is -4.58. The number of carbonyl (C=O) groups is 2. The van der Waals surface area contributed by atoms with Crippen molar-refractivity contribution >= 4 is 34.3 Å². The van der Waals surface area contributed by atoms with Crippen LogP contribution in [0.5, 0.6) is 5.75 Å². The number of aliphatic hydroxyl groups is 1. The number of methoxy groups -OCH3 is 1. The fourth-order valence-corrected chi connectivity index (χ4v) is 4.66. The molecule has 2 heterocycles. The summed E-state index contributed by atoms with van der Waals surface area (Å²) in [6.45, 7) is -0.296. The number of nitrogens with zero attached hydrogens (tertiary/aromatic N) is 1. The van der Waals surface area contributed by atoms with Gasteiger partial charge in [-0.3, -0.25) is 9.59 Å². The molecule has 6 nitrogen and oxygen atoms in total. The fraction of sp³-hybridized carbons (Fsp3) is 0.143. The molecule has 0 radical (unpaired) electrons. The van der Waals surface area contributed by atoms with Gasteiger partial charge in [0.25, 0.3) is 5.91 Å². The number of hydrogen-bond acceptors (Lipinski definition) is 5. The summed E-state index contributed by atoms with van der Waals surface area (Å²) in [7, 11) is 1.47. The fourth-order valence-electron chi connectivity index (χ4n) is 4.48. The van der Waals surface area contributed by atoms with E-state index in [1.807, 2.05) is 0 Å². The zero-order valence-electron chi connectivity index (χ0n) is 19.8. The number of fused-ring (bicyclic) bond motifs is 1. The maximum absolute atomic E-state index is 13.7. The number of alkyl halides is 3. The number of amides is 1. The van der Waals surface area contributed by atoms with Crippen LogP contribution in [-0.4, -0.2) is 28.8 Å². The topological polar surface area (TPSA) is 80.0 Å². The molecule has 0 spiro atoms. The van der Waals surface area contributed by atoms with E-state index in [1.165, 1.54) is 25.3 Å². The number of ether oxygens (including phenoxy) is 1. The molecule has 38 heavy (non-hydrogen) atoms. The van der Waals surface area contributed by atoms with Crippen molar-refractivity contribution in [3.8, 4) is 5.75 Å². The van der Waals surface area contributed by atoms with E-state index in [0.717, 1.165) is 17.0 Å². The number of rotatable bonds is 6. The Labute approximate surface area is 219 Å². The van der Waals surface area contributed by atoms with Crippen LogP contribution in [0.15, 0.2) is 88.5 Å². The summed E-state index contributed by atoms with van der Waals surface area (Å²) < 4.78 is 50.8. The Morgan fingerprint density at radius 3 is 2.50 bits per heavy atom. The van der Waals surface area contributed by atoms with Crippen molar-refractivity contribution in [3.05, 3.63) is 112 Å². The van der Waals surface area contributed by atoms with Crippen molar-refractivity contribution in [2.24, 2.45) is 0 Å². The van der Waals surface area contributed by atoms with E-state index in [9.17, 15) is 27.9 Å². The van der Waals surface area contributed by atoms with Gasteiger partial charge >= 0.3 is 6.18 Å². The van der Waals surface area contributed by atoms with Crippen LogP contribution in [0.2, 0.25) is 5.02 Å². The molecule has 194 valence electrons. The minimum absolute atomic E-state index is 0.129. The maximum Gasteiger partial charge on any atom is 0.416 e. The Balaban J connectivity index is 1.58. The molecule has 1 atom stereocenters. The third-order valence-electron chi connectivity index (χ3n) is 6.29. The van der Waals surface area contributed by atoms with Gasteiger partial charge in [0.15, 0.2) is 11.5 Å². The van der Waals surface area contributed by atoms with Gasteiger partial charge in [0.2, 0.25) is 5.78 Å². The minimum Gasteiger partial charge on any atom is -0.503 e. The molecule has 1 aliphatic heterocycles. The third kappa shape index (κ3) is 4.61. The van der Waals surface area contributed by atoms with E-state index in [-0.39, 0.29) is 23.4 Å². The molecule has 0 saturated carbocycles. The van der Waals surface area contributed by atoms with E-state index < -0.39 is 35.2 Å². The lowest BCUT2D eigenvalue weighted by molar-refractivity contribution is -0.137. The van der Waals surface area contributed by atoms with Gasteiger partial charge in [0.05, 0.1) is 24.3 Å². The van der Waals surface area contributed by atoms with Gasteiger partial charge in [-0.1, -0.05) is 35.9 Å². The largest absolute Gasteiger partial charge is 0.503 e. The van der Waals surface area contributed by atoms with Crippen LogP contribution in [0.3, 0.4) is 0 Å². The van der Waals surface area contributed by atoms with Crippen molar-refractivity contribution < 1.29 is 37.0 Å². The molecular weight excluding hydrogens is 523 g/mol. The average Bonchev–Trinajstić information content (AvgIpc) is 3.42. The first-order valence-electron chi connectivity index (χ1n) is 11.3. The zero-order valence-corrected chi connectivity index (χ0v) is 20.5. The Bertz CT molecular complexity index is 1590. The maximum atomic E-state index is 13.7. The van der Waals surface area contributed by atoms with Crippen LogP contribution in [0, 0.1) is 0 Å². The quantitative estimate of drug-likeness (QED) is 0.269. The van der Waals surface area contributed by atoms with Crippen LogP contribution in [0.1, 0.15) is 33.3 Å². The molecule has 10 heteroatoms. The molecule has 0 fully saturated rings. The van der Waals surface area contributed by atoms with Crippen LogP contribution < -0.4 is 4.74 Å². The molecule has 1 aromatic heterocycles. The number of Topliss-reactive ketones (excluding diaryl/α,β-unsaturated/α-hetero) is 1. The summed E-state index contributed by atoms with van der Waals surface area (Å²) in [5.41, 5.74) is -0.136. The molecule has 1 amide bonds. The molecule has 5 rings (SSSR count). The number of benzene rings is 3. The standard InChI is InChI=1S/C28H19ClF3NO5/c1-37-20-8-5-16(6-9-20)24-23(25(34)22-13-17-12-19(29)7-10-21(17)38-22)26(35)27(36)33(24)14-15-3-2-4-18(11-15)28(30,31)32/h2-13,24,35H,14H2,1H3. The second-order valence-electron chi connectivity index (χ2n) is 8.69. The first-order chi connectivity index (χ1) is 18.1. The summed E-state index contributed by atoms with van der Waals surface area (Å²) in [5, 5.41) is 11.9. The highest BCUT2D eigenvalue weighted by Gasteiger charge is 2.44. The molecule has 4 aromatic rings. The molecule has 0 bridgehead atoms. The SMILES string of the molecule is COc1ccc(C2C(C(=O)c3cc4cc(Cl)ccc4o3)=C(O)C(=O)N2Cc2cccc(C(F)(F)F)c2)cc1. The van der Waals surface area contributed by atoms with Gasteiger partial charge < -0.3 is 19.2 Å². The summed E-state index contributed by atoms with van der Waals surface area (Å²) in [4.78, 5) is 28.0. The lowest BCUT2D eigenvalue weighted by atomic mass is 9.94. The number of furan rings is 1. The Morgan fingerprint density at radius 2 is 1.82 bits per heavy atom. The average molecular weight is 542 g/mol. The number of ketones is 1. The normalized spacial score (nSPS) is 16.0. The summed E-state index contributed by atoms with van der Waals surface area (Å²) in [6, 6.07) is 16.1. The molecule has 1 aliphatic rings. The zero-order chi connectivity index (χ0) is 27.2. The Kier molecular flexibility index (Phi) is 6.40. The van der Waals surface area contributed by atoms with Gasteiger partial charge in [-0.25, -0.2) is 0 Å². The minimum atomic E-state index is -4.58. The van der Waals surface area contributed by atoms with E-state index in [2.05, 4.69) is 0 Å². The first-order valence-corrected chi connectivity index (χ1v) is 11.7. The van der Waals surface area contributed by atoms with Crippen molar-refractivity contribution in [1.82, 2.24) is 4.90 Å². The van der Waals surface area contributed by atoms with Crippen LogP contribution in [-0.2, 0) is 17.5 Å².